The second-order valence-corrected chi connectivity index (χ2v) is 4.27. The second kappa shape index (κ2) is 6.84. The lowest BCUT2D eigenvalue weighted by Gasteiger charge is -2.13. The molecule has 0 heterocycles. The molecule has 0 saturated carbocycles. The molecule has 90 valence electrons. The number of halogens is 2. The van der Waals surface area contributed by atoms with Gasteiger partial charge in [0.25, 0.3) is 0 Å². The molecule has 0 aliphatic heterocycles. The van der Waals surface area contributed by atoms with Crippen LogP contribution in [0.15, 0.2) is 18.2 Å². The summed E-state index contributed by atoms with van der Waals surface area (Å²) in [7, 11) is 1.91. The van der Waals surface area contributed by atoms with Gasteiger partial charge in [-0.05, 0) is 39.1 Å². The monoisotopic (exact) mass is 244 g/mol. The van der Waals surface area contributed by atoms with Gasteiger partial charge in [-0.1, -0.05) is 17.7 Å². The molecule has 0 saturated heterocycles. The van der Waals surface area contributed by atoms with Gasteiger partial charge in [0.1, 0.15) is 5.82 Å². The van der Waals surface area contributed by atoms with Crippen molar-refractivity contribution in [3.63, 3.8) is 0 Å². The summed E-state index contributed by atoms with van der Waals surface area (Å²) in [6.07, 6.45) is 0.611. The molecule has 0 aliphatic carbocycles. The van der Waals surface area contributed by atoms with Crippen molar-refractivity contribution in [3.05, 3.63) is 34.6 Å². The van der Waals surface area contributed by atoms with E-state index in [-0.39, 0.29) is 5.82 Å². The Morgan fingerprint density at radius 1 is 1.44 bits per heavy atom. The van der Waals surface area contributed by atoms with E-state index in [2.05, 4.69) is 17.6 Å². The van der Waals surface area contributed by atoms with Crippen LogP contribution in [0.3, 0.4) is 0 Å². The first kappa shape index (κ1) is 13.4. The summed E-state index contributed by atoms with van der Waals surface area (Å²) >= 11 is 5.93. The molecule has 2 nitrogen and oxygen atoms in total. The molecule has 4 heteroatoms. The fourth-order valence-corrected chi connectivity index (χ4v) is 1.85. The van der Waals surface area contributed by atoms with Crippen LogP contribution >= 0.6 is 11.6 Å². The van der Waals surface area contributed by atoms with Crippen molar-refractivity contribution in [2.45, 2.75) is 19.4 Å². The average molecular weight is 245 g/mol. The zero-order valence-corrected chi connectivity index (χ0v) is 10.4. The van der Waals surface area contributed by atoms with Gasteiger partial charge in [0.15, 0.2) is 0 Å². The quantitative estimate of drug-likeness (QED) is 0.802. The Kier molecular flexibility index (Phi) is 5.74. The Hall–Kier alpha value is -0.640. The van der Waals surface area contributed by atoms with Crippen LogP contribution in [0.1, 0.15) is 12.5 Å². The van der Waals surface area contributed by atoms with Crippen LogP contribution in [0.5, 0.6) is 0 Å². The Labute approximate surface area is 101 Å². The van der Waals surface area contributed by atoms with E-state index in [0.29, 0.717) is 23.0 Å². The molecule has 0 radical (unpaired) electrons. The van der Waals surface area contributed by atoms with Gasteiger partial charge in [-0.25, -0.2) is 4.39 Å². The standard InChI is InChI=1S/C12H18ClFN2/c1-9(8-15-2)16-7-6-10-11(13)4-3-5-12(10)14/h3-5,9,15-16H,6-8H2,1-2H3. The minimum atomic E-state index is -0.226. The first-order valence-electron chi connectivity index (χ1n) is 5.46. The molecule has 1 unspecified atom stereocenters. The van der Waals surface area contributed by atoms with Crippen LogP contribution in [-0.2, 0) is 6.42 Å². The molecule has 2 N–H and O–H groups in total. The summed E-state index contributed by atoms with van der Waals surface area (Å²) in [6.45, 7) is 3.70. The smallest absolute Gasteiger partial charge is 0.127 e. The molecule has 0 aliphatic rings. The number of likely N-dealkylation sites (N-methyl/N-ethyl adjacent to an activating group) is 1. The van der Waals surface area contributed by atoms with E-state index < -0.39 is 0 Å². The molecule has 1 atom stereocenters. The maximum absolute atomic E-state index is 13.4. The van der Waals surface area contributed by atoms with Crippen molar-refractivity contribution in [2.75, 3.05) is 20.1 Å². The highest BCUT2D eigenvalue weighted by molar-refractivity contribution is 6.31. The highest BCUT2D eigenvalue weighted by atomic mass is 35.5. The van der Waals surface area contributed by atoms with E-state index >= 15 is 0 Å². The van der Waals surface area contributed by atoms with Crippen molar-refractivity contribution < 1.29 is 4.39 Å². The third-order valence-corrected chi connectivity index (χ3v) is 2.79. The van der Waals surface area contributed by atoms with Gasteiger partial charge in [-0.3, -0.25) is 0 Å². The minimum Gasteiger partial charge on any atom is -0.318 e. The van der Waals surface area contributed by atoms with Crippen LogP contribution in [0.2, 0.25) is 5.02 Å². The minimum absolute atomic E-state index is 0.226. The Balaban J connectivity index is 2.43. The van der Waals surface area contributed by atoms with Gasteiger partial charge >= 0.3 is 0 Å². The Morgan fingerprint density at radius 2 is 2.19 bits per heavy atom. The zero-order chi connectivity index (χ0) is 12.0. The van der Waals surface area contributed by atoms with E-state index in [9.17, 15) is 4.39 Å². The van der Waals surface area contributed by atoms with Gasteiger partial charge in [-0.15, -0.1) is 0 Å². The number of hydrogen-bond acceptors (Lipinski definition) is 2. The Morgan fingerprint density at radius 3 is 2.81 bits per heavy atom. The van der Waals surface area contributed by atoms with E-state index in [1.165, 1.54) is 6.07 Å². The van der Waals surface area contributed by atoms with Crippen LogP contribution in [-0.4, -0.2) is 26.2 Å². The van der Waals surface area contributed by atoms with Gasteiger partial charge in [0.2, 0.25) is 0 Å². The third-order valence-electron chi connectivity index (χ3n) is 2.44. The SMILES string of the molecule is CNCC(C)NCCc1c(F)cccc1Cl. The lowest BCUT2D eigenvalue weighted by atomic mass is 10.1. The van der Waals surface area contributed by atoms with Crippen molar-refractivity contribution >= 4 is 11.6 Å². The molecule has 0 bridgehead atoms. The van der Waals surface area contributed by atoms with Crippen LogP contribution < -0.4 is 10.6 Å². The van der Waals surface area contributed by atoms with Crippen LogP contribution in [0, 0.1) is 5.82 Å². The van der Waals surface area contributed by atoms with E-state index in [4.69, 9.17) is 11.6 Å². The predicted octanol–water partition coefficient (Wildman–Crippen LogP) is 2.22. The molecular weight excluding hydrogens is 227 g/mol. The van der Waals surface area contributed by atoms with Gasteiger partial charge in [0, 0.05) is 23.2 Å². The molecule has 1 aromatic rings. The maximum atomic E-state index is 13.4. The van der Waals surface area contributed by atoms with E-state index in [0.717, 1.165) is 13.1 Å². The van der Waals surface area contributed by atoms with E-state index in [1.807, 2.05) is 7.05 Å². The fraction of sp³-hybridized carbons (Fsp3) is 0.500. The van der Waals surface area contributed by atoms with Gasteiger partial charge in [0.05, 0.1) is 0 Å². The van der Waals surface area contributed by atoms with Crippen molar-refractivity contribution in [1.82, 2.24) is 10.6 Å². The molecule has 16 heavy (non-hydrogen) atoms. The number of benzene rings is 1. The molecular formula is C12H18ClFN2. The third kappa shape index (κ3) is 4.08. The predicted molar refractivity (Wildman–Crippen MR) is 66.5 cm³/mol. The van der Waals surface area contributed by atoms with Crippen molar-refractivity contribution in [1.29, 1.82) is 0 Å². The summed E-state index contributed by atoms with van der Waals surface area (Å²) in [5.74, 6) is -0.226. The zero-order valence-electron chi connectivity index (χ0n) is 9.69. The van der Waals surface area contributed by atoms with Gasteiger partial charge in [-0.2, -0.15) is 0 Å². The summed E-state index contributed by atoms with van der Waals surface area (Å²) in [4.78, 5) is 0. The highest BCUT2D eigenvalue weighted by Gasteiger charge is 2.06. The largest absolute Gasteiger partial charge is 0.318 e. The first-order chi connectivity index (χ1) is 7.65. The van der Waals surface area contributed by atoms with Crippen molar-refractivity contribution in [2.24, 2.45) is 0 Å². The number of rotatable bonds is 6. The van der Waals surface area contributed by atoms with Crippen molar-refractivity contribution in [3.8, 4) is 0 Å². The molecule has 1 aromatic carbocycles. The van der Waals surface area contributed by atoms with Crippen LogP contribution in [0.25, 0.3) is 0 Å². The van der Waals surface area contributed by atoms with Gasteiger partial charge < -0.3 is 10.6 Å². The highest BCUT2D eigenvalue weighted by Crippen LogP contribution is 2.18. The summed E-state index contributed by atoms with van der Waals surface area (Å²) in [6, 6.07) is 5.16. The molecule has 1 rings (SSSR count). The summed E-state index contributed by atoms with van der Waals surface area (Å²) in [5, 5.41) is 6.88. The lowest BCUT2D eigenvalue weighted by Crippen LogP contribution is -2.36. The lowest BCUT2D eigenvalue weighted by molar-refractivity contribution is 0.520. The second-order valence-electron chi connectivity index (χ2n) is 3.86. The number of hydrogen-bond donors (Lipinski definition) is 2. The maximum Gasteiger partial charge on any atom is 0.127 e. The molecule has 0 amide bonds. The van der Waals surface area contributed by atoms with Crippen LogP contribution in [0.4, 0.5) is 4.39 Å². The molecule has 0 aromatic heterocycles. The number of nitrogens with one attached hydrogen (secondary N) is 2. The fourth-order valence-electron chi connectivity index (χ4n) is 1.59. The Bertz CT molecular complexity index is 311. The summed E-state index contributed by atoms with van der Waals surface area (Å²) < 4.78 is 13.4. The first-order valence-corrected chi connectivity index (χ1v) is 5.83. The molecule has 0 fully saturated rings. The average Bonchev–Trinajstić information content (AvgIpc) is 2.23. The summed E-state index contributed by atoms with van der Waals surface area (Å²) in [5.41, 5.74) is 0.591. The topological polar surface area (TPSA) is 24.1 Å². The normalized spacial score (nSPS) is 12.8. The van der Waals surface area contributed by atoms with E-state index in [1.54, 1.807) is 12.1 Å². The molecule has 0 spiro atoms.